The van der Waals surface area contributed by atoms with Gasteiger partial charge in [0.25, 0.3) is 0 Å². The van der Waals surface area contributed by atoms with Crippen LogP contribution < -0.4 is 15.4 Å². The van der Waals surface area contributed by atoms with Gasteiger partial charge in [-0.2, -0.15) is 4.37 Å². The highest BCUT2D eigenvalue weighted by Crippen LogP contribution is 2.31. The van der Waals surface area contributed by atoms with Gasteiger partial charge in [-0.1, -0.05) is 12.1 Å². The number of aromatic nitrogens is 1. The molecule has 1 aromatic heterocycles. The van der Waals surface area contributed by atoms with Crippen molar-refractivity contribution < 1.29 is 28.6 Å². The standard InChI is InChI=1S/C20H25FN4O5S/c1-13-3-4-14(15(21)11-13)12-30-17-16(19(26)27)18(31-24-17)23-20(28)22-5-2-6-25-7-9-29-10-8-25/h3-4,11H,2,5-10,12H2,1H3,(H,26,27)(H2,22,23,28). The van der Waals surface area contributed by atoms with Crippen LogP contribution in [0.1, 0.15) is 27.9 Å². The molecule has 168 valence electrons. The smallest absolute Gasteiger partial charge is 0.344 e. The normalized spacial score (nSPS) is 14.3. The van der Waals surface area contributed by atoms with Crippen molar-refractivity contribution in [1.82, 2.24) is 14.6 Å². The summed E-state index contributed by atoms with van der Waals surface area (Å²) < 4.78 is 28.7. The monoisotopic (exact) mass is 452 g/mol. The lowest BCUT2D eigenvalue weighted by Gasteiger charge is -2.26. The van der Waals surface area contributed by atoms with E-state index in [1.54, 1.807) is 19.1 Å². The number of hydrogen-bond donors (Lipinski definition) is 3. The van der Waals surface area contributed by atoms with Crippen LogP contribution in [-0.4, -0.2) is 65.8 Å². The van der Waals surface area contributed by atoms with Crippen LogP contribution in [0, 0.1) is 12.7 Å². The molecule has 0 atom stereocenters. The van der Waals surface area contributed by atoms with Crippen LogP contribution in [0.3, 0.4) is 0 Å². The maximum atomic E-state index is 14.0. The Kier molecular flexibility index (Phi) is 8.15. The highest BCUT2D eigenvalue weighted by atomic mass is 32.1. The quantitative estimate of drug-likeness (QED) is 0.502. The van der Waals surface area contributed by atoms with E-state index in [1.807, 2.05) is 0 Å². The Morgan fingerprint density at radius 3 is 2.84 bits per heavy atom. The number of morpholine rings is 1. The zero-order valence-corrected chi connectivity index (χ0v) is 18.0. The fourth-order valence-electron chi connectivity index (χ4n) is 3.04. The lowest BCUT2D eigenvalue weighted by Crippen LogP contribution is -2.38. The molecular weight excluding hydrogens is 427 g/mol. The maximum Gasteiger partial charge on any atom is 0.344 e. The first-order valence-electron chi connectivity index (χ1n) is 9.90. The van der Waals surface area contributed by atoms with Gasteiger partial charge in [-0.3, -0.25) is 10.2 Å². The Hall–Kier alpha value is -2.76. The molecule has 2 heterocycles. The van der Waals surface area contributed by atoms with E-state index in [-0.39, 0.29) is 28.6 Å². The molecule has 0 bridgehead atoms. The molecule has 3 N–H and O–H groups in total. The average molecular weight is 453 g/mol. The van der Waals surface area contributed by atoms with E-state index in [4.69, 9.17) is 9.47 Å². The highest BCUT2D eigenvalue weighted by Gasteiger charge is 2.23. The summed E-state index contributed by atoms with van der Waals surface area (Å²) in [6, 6.07) is 4.15. The fourth-order valence-corrected chi connectivity index (χ4v) is 3.76. The van der Waals surface area contributed by atoms with E-state index in [0.29, 0.717) is 6.54 Å². The number of rotatable bonds is 9. The number of nitrogens with one attached hydrogen (secondary N) is 2. The predicted octanol–water partition coefficient (Wildman–Crippen LogP) is 2.71. The topological polar surface area (TPSA) is 113 Å². The molecule has 0 spiro atoms. The second kappa shape index (κ2) is 11.0. The van der Waals surface area contributed by atoms with Crippen molar-refractivity contribution in [2.75, 3.05) is 44.7 Å². The van der Waals surface area contributed by atoms with E-state index in [1.165, 1.54) is 6.07 Å². The lowest BCUT2D eigenvalue weighted by molar-refractivity contribution is 0.0375. The number of urea groups is 1. The number of carbonyl (C=O) groups excluding carboxylic acids is 1. The van der Waals surface area contributed by atoms with Crippen molar-refractivity contribution >= 4 is 28.5 Å². The van der Waals surface area contributed by atoms with Gasteiger partial charge in [0.1, 0.15) is 17.4 Å². The molecule has 11 heteroatoms. The summed E-state index contributed by atoms with van der Waals surface area (Å²) in [5, 5.41) is 14.8. The number of benzene rings is 1. The van der Waals surface area contributed by atoms with Gasteiger partial charge in [0, 0.05) is 25.2 Å². The van der Waals surface area contributed by atoms with Gasteiger partial charge in [-0.05, 0) is 43.1 Å². The van der Waals surface area contributed by atoms with Crippen LogP contribution in [0.4, 0.5) is 14.2 Å². The zero-order chi connectivity index (χ0) is 22.2. The molecular formula is C20H25FN4O5S. The number of carboxylic acids is 1. The summed E-state index contributed by atoms with van der Waals surface area (Å²) in [4.78, 5) is 26.1. The molecule has 1 aliphatic rings. The van der Waals surface area contributed by atoms with E-state index in [2.05, 4.69) is 19.9 Å². The number of anilines is 1. The zero-order valence-electron chi connectivity index (χ0n) is 17.1. The molecule has 1 aliphatic heterocycles. The highest BCUT2D eigenvalue weighted by molar-refractivity contribution is 7.11. The number of carbonyl (C=O) groups is 2. The predicted molar refractivity (Wildman–Crippen MR) is 113 cm³/mol. The van der Waals surface area contributed by atoms with E-state index in [0.717, 1.165) is 56.4 Å². The molecule has 0 unspecified atom stereocenters. The second-order valence-electron chi connectivity index (χ2n) is 7.07. The Morgan fingerprint density at radius 1 is 1.35 bits per heavy atom. The summed E-state index contributed by atoms with van der Waals surface area (Å²) in [6.07, 6.45) is 0.762. The largest absolute Gasteiger partial charge is 0.477 e. The molecule has 0 saturated carbocycles. The van der Waals surface area contributed by atoms with Gasteiger partial charge in [0.15, 0.2) is 5.56 Å². The minimum atomic E-state index is -1.30. The molecule has 1 fully saturated rings. The average Bonchev–Trinajstić information content (AvgIpc) is 3.14. The lowest BCUT2D eigenvalue weighted by atomic mass is 10.1. The summed E-state index contributed by atoms with van der Waals surface area (Å²) >= 11 is 0.793. The van der Waals surface area contributed by atoms with Gasteiger partial charge in [-0.15, -0.1) is 0 Å². The van der Waals surface area contributed by atoms with Crippen LogP contribution in [0.5, 0.6) is 5.88 Å². The van der Waals surface area contributed by atoms with Crippen molar-refractivity contribution in [3.8, 4) is 5.88 Å². The Labute approximate surface area is 183 Å². The molecule has 31 heavy (non-hydrogen) atoms. The van der Waals surface area contributed by atoms with Crippen molar-refractivity contribution in [1.29, 1.82) is 0 Å². The van der Waals surface area contributed by atoms with Crippen molar-refractivity contribution in [3.05, 3.63) is 40.7 Å². The fraction of sp³-hybridized carbons (Fsp3) is 0.450. The summed E-state index contributed by atoms with van der Waals surface area (Å²) in [5.41, 5.74) is 0.784. The second-order valence-corrected chi connectivity index (χ2v) is 7.84. The van der Waals surface area contributed by atoms with E-state index >= 15 is 0 Å². The first-order chi connectivity index (χ1) is 14.9. The maximum absolute atomic E-state index is 14.0. The molecule has 1 saturated heterocycles. The Morgan fingerprint density at radius 2 is 2.13 bits per heavy atom. The van der Waals surface area contributed by atoms with Crippen LogP contribution in [0.2, 0.25) is 0 Å². The van der Waals surface area contributed by atoms with Crippen molar-refractivity contribution in [2.45, 2.75) is 20.0 Å². The van der Waals surface area contributed by atoms with Gasteiger partial charge < -0.3 is 19.9 Å². The first-order valence-corrected chi connectivity index (χ1v) is 10.7. The van der Waals surface area contributed by atoms with Crippen molar-refractivity contribution in [3.63, 3.8) is 0 Å². The number of amides is 2. The van der Waals surface area contributed by atoms with Crippen molar-refractivity contribution in [2.24, 2.45) is 0 Å². The third-order valence-corrected chi connectivity index (χ3v) is 5.46. The van der Waals surface area contributed by atoms with Gasteiger partial charge in [0.2, 0.25) is 5.88 Å². The number of carboxylic acid groups (broad SMARTS) is 1. The number of aromatic carboxylic acids is 1. The van der Waals surface area contributed by atoms with Crippen LogP contribution in [0.25, 0.3) is 0 Å². The number of aryl methyl sites for hydroxylation is 1. The molecule has 2 amide bonds. The van der Waals surface area contributed by atoms with Gasteiger partial charge >= 0.3 is 12.0 Å². The third-order valence-electron chi connectivity index (χ3n) is 4.72. The first kappa shape index (κ1) is 22.9. The molecule has 0 radical (unpaired) electrons. The number of halogens is 1. The molecule has 3 rings (SSSR count). The molecule has 1 aromatic carbocycles. The Balaban J connectivity index is 1.51. The number of hydrogen-bond acceptors (Lipinski definition) is 7. The number of ether oxygens (including phenoxy) is 2. The summed E-state index contributed by atoms with van der Waals surface area (Å²) in [5.74, 6) is -1.90. The minimum absolute atomic E-state index is 0.0533. The molecule has 0 aliphatic carbocycles. The molecule has 2 aromatic rings. The Bertz CT molecular complexity index is 917. The molecule has 9 nitrogen and oxygen atoms in total. The number of nitrogens with zero attached hydrogens (tertiary/aromatic N) is 2. The summed E-state index contributed by atoms with van der Waals surface area (Å²) in [7, 11) is 0. The SMILES string of the molecule is Cc1ccc(COc2nsc(NC(=O)NCCCN3CCOCC3)c2C(=O)O)c(F)c1. The summed E-state index contributed by atoms with van der Waals surface area (Å²) in [6.45, 7) is 6.08. The van der Waals surface area contributed by atoms with Gasteiger partial charge in [-0.25, -0.2) is 14.0 Å². The van der Waals surface area contributed by atoms with Crippen LogP contribution >= 0.6 is 11.5 Å². The van der Waals surface area contributed by atoms with Crippen LogP contribution in [0.15, 0.2) is 18.2 Å². The van der Waals surface area contributed by atoms with Crippen LogP contribution in [-0.2, 0) is 11.3 Å². The van der Waals surface area contributed by atoms with E-state index < -0.39 is 17.8 Å². The van der Waals surface area contributed by atoms with Gasteiger partial charge in [0.05, 0.1) is 13.2 Å². The minimum Gasteiger partial charge on any atom is -0.477 e. The van der Waals surface area contributed by atoms with E-state index in [9.17, 15) is 19.1 Å². The third kappa shape index (κ3) is 6.61.